The molecule has 0 atom stereocenters. The van der Waals surface area contributed by atoms with E-state index in [2.05, 4.69) is 41.3 Å². The largest absolute Gasteiger partial charge is 0.345 e. The molecule has 3 aromatic rings. The van der Waals surface area contributed by atoms with Crippen LogP contribution in [0, 0.1) is 0 Å². The molecule has 0 aliphatic heterocycles. The van der Waals surface area contributed by atoms with E-state index < -0.39 is 0 Å². The van der Waals surface area contributed by atoms with E-state index >= 15 is 0 Å². The molecule has 23 heavy (non-hydrogen) atoms. The second kappa shape index (κ2) is 6.65. The summed E-state index contributed by atoms with van der Waals surface area (Å²) in [6.07, 6.45) is 2.86. The number of H-pyrrole nitrogens is 1. The summed E-state index contributed by atoms with van der Waals surface area (Å²) in [5, 5.41) is 2.95. The van der Waals surface area contributed by atoms with Crippen LogP contribution in [0.1, 0.15) is 37.3 Å². The van der Waals surface area contributed by atoms with Crippen LogP contribution in [0.5, 0.6) is 0 Å². The first-order valence-corrected chi connectivity index (χ1v) is 7.93. The van der Waals surface area contributed by atoms with E-state index in [0.717, 1.165) is 22.3 Å². The van der Waals surface area contributed by atoms with Crippen LogP contribution in [0.15, 0.2) is 48.8 Å². The van der Waals surface area contributed by atoms with Crippen LogP contribution in [0.25, 0.3) is 11.0 Å². The average molecular weight is 307 g/mol. The topological polar surface area (TPSA) is 57.8 Å². The SMILES string of the molecule is CC(C)c1ccc(NC(=O)CCc2ccc3nc[nH]c3c2)cc1. The van der Waals surface area contributed by atoms with Gasteiger partial charge in [0.2, 0.25) is 5.91 Å². The van der Waals surface area contributed by atoms with Crippen molar-refractivity contribution < 1.29 is 4.79 Å². The molecule has 0 bridgehead atoms. The summed E-state index contributed by atoms with van der Waals surface area (Å²) in [4.78, 5) is 19.4. The summed E-state index contributed by atoms with van der Waals surface area (Å²) >= 11 is 0. The highest BCUT2D eigenvalue weighted by atomic mass is 16.1. The molecular weight excluding hydrogens is 286 g/mol. The fourth-order valence-corrected chi connectivity index (χ4v) is 2.57. The van der Waals surface area contributed by atoms with Crippen LogP contribution in [0.3, 0.4) is 0 Å². The molecule has 118 valence electrons. The van der Waals surface area contributed by atoms with Gasteiger partial charge in [0.05, 0.1) is 17.4 Å². The zero-order valence-corrected chi connectivity index (χ0v) is 13.5. The van der Waals surface area contributed by atoms with Gasteiger partial charge in [0, 0.05) is 12.1 Å². The molecule has 0 saturated carbocycles. The minimum Gasteiger partial charge on any atom is -0.345 e. The number of amides is 1. The minimum atomic E-state index is 0.0343. The fraction of sp³-hybridized carbons (Fsp3) is 0.263. The Bertz CT molecular complexity index is 803. The lowest BCUT2D eigenvalue weighted by Crippen LogP contribution is -2.12. The van der Waals surface area contributed by atoms with E-state index in [9.17, 15) is 4.79 Å². The maximum atomic E-state index is 12.1. The lowest BCUT2D eigenvalue weighted by molar-refractivity contribution is -0.116. The number of carbonyl (C=O) groups is 1. The molecule has 1 amide bonds. The first-order valence-electron chi connectivity index (χ1n) is 7.93. The fourth-order valence-electron chi connectivity index (χ4n) is 2.57. The van der Waals surface area contributed by atoms with Gasteiger partial charge in [-0.25, -0.2) is 4.98 Å². The van der Waals surface area contributed by atoms with Crippen molar-refractivity contribution in [3.63, 3.8) is 0 Å². The summed E-state index contributed by atoms with van der Waals surface area (Å²) < 4.78 is 0. The Morgan fingerprint density at radius 2 is 1.96 bits per heavy atom. The van der Waals surface area contributed by atoms with Gasteiger partial charge in [-0.3, -0.25) is 4.79 Å². The number of nitrogens with zero attached hydrogens (tertiary/aromatic N) is 1. The molecule has 0 fully saturated rings. The van der Waals surface area contributed by atoms with Crippen LogP contribution in [0.2, 0.25) is 0 Å². The first kappa shape index (κ1) is 15.3. The number of hydrogen-bond acceptors (Lipinski definition) is 2. The molecular formula is C19H21N3O. The highest BCUT2D eigenvalue weighted by Gasteiger charge is 2.05. The Morgan fingerprint density at radius 3 is 2.70 bits per heavy atom. The molecule has 0 spiro atoms. The van der Waals surface area contributed by atoms with Gasteiger partial charge in [0.15, 0.2) is 0 Å². The molecule has 0 aliphatic rings. The number of aromatic nitrogens is 2. The van der Waals surface area contributed by atoms with Gasteiger partial charge >= 0.3 is 0 Å². The van der Waals surface area contributed by atoms with Gasteiger partial charge < -0.3 is 10.3 Å². The molecule has 0 aliphatic carbocycles. The van der Waals surface area contributed by atoms with E-state index in [1.165, 1.54) is 5.56 Å². The zero-order chi connectivity index (χ0) is 16.2. The lowest BCUT2D eigenvalue weighted by Gasteiger charge is -2.08. The number of nitrogens with one attached hydrogen (secondary N) is 2. The third-order valence-corrected chi connectivity index (χ3v) is 3.99. The van der Waals surface area contributed by atoms with Crippen molar-refractivity contribution in [2.75, 3.05) is 5.32 Å². The van der Waals surface area contributed by atoms with Crippen molar-refractivity contribution in [3.8, 4) is 0 Å². The molecule has 4 heteroatoms. The highest BCUT2D eigenvalue weighted by Crippen LogP contribution is 2.18. The summed E-state index contributed by atoms with van der Waals surface area (Å²) in [6.45, 7) is 4.31. The number of anilines is 1. The van der Waals surface area contributed by atoms with Crippen LogP contribution in [0.4, 0.5) is 5.69 Å². The van der Waals surface area contributed by atoms with Crippen molar-refractivity contribution in [1.29, 1.82) is 0 Å². The maximum absolute atomic E-state index is 12.1. The number of imidazole rings is 1. The first-order chi connectivity index (χ1) is 11.1. The second-order valence-corrected chi connectivity index (χ2v) is 6.08. The molecule has 4 nitrogen and oxygen atoms in total. The van der Waals surface area contributed by atoms with Crippen molar-refractivity contribution in [2.45, 2.75) is 32.6 Å². The number of rotatable bonds is 5. The normalized spacial score (nSPS) is 11.1. The maximum Gasteiger partial charge on any atom is 0.224 e. The number of fused-ring (bicyclic) bond motifs is 1. The third kappa shape index (κ3) is 3.77. The molecule has 1 aromatic heterocycles. The number of hydrogen-bond donors (Lipinski definition) is 2. The van der Waals surface area contributed by atoms with Crippen molar-refractivity contribution >= 4 is 22.6 Å². The Balaban J connectivity index is 1.56. The van der Waals surface area contributed by atoms with E-state index in [1.807, 2.05) is 30.3 Å². The molecule has 2 aromatic carbocycles. The van der Waals surface area contributed by atoms with Crippen LogP contribution in [-0.4, -0.2) is 15.9 Å². The molecule has 0 saturated heterocycles. The summed E-state index contributed by atoms with van der Waals surface area (Å²) in [5.74, 6) is 0.532. The van der Waals surface area contributed by atoms with E-state index in [-0.39, 0.29) is 5.91 Å². The zero-order valence-electron chi connectivity index (χ0n) is 13.5. The minimum absolute atomic E-state index is 0.0343. The number of aromatic amines is 1. The van der Waals surface area contributed by atoms with Crippen LogP contribution >= 0.6 is 0 Å². The second-order valence-electron chi connectivity index (χ2n) is 6.08. The summed E-state index contributed by atoms with van der Waals surface area (Å²) in [6, 6.07) is 14.1. The van der Waals surface area contributed by atoms with Crippen molar-refractivity contribution in [2.24, 2.45) is 0 Å². The van der Waals surface area contributed by atoms with Gasteiger partial charge in [-0.15, -0.1) is 0 Å². The predicted octanol–water partition coefficient (Wildman–Crippen LogP) is 4.26. The molecule has 0 unspecified atom stereocenters. The third-order valence-electron chi connectivity index (χ3n) is 3.99. The average Bonchev–Trinajstić information content (AvgIpc) is 3.01. The molecule has 2 N–H and O–H groups in total. The Kier molecular flexibility index (Phi) is 4.42. The molecule has 0 radical (unpaired) electrons. The number of carbonyl (C=O) groups excluding carboxylic acids is 1. The number of aryl methyl sites for hydroxylation is 1. The summed E-state index contributed by atoms with van der Waals surface area (Å²) in [7, 11) is 0. The van der Waals surface area contributed by atoms with Crippen LogP contribution in [-0.2, 0) is 11.2 Å². The summed E-state index contributed by atoms with van der Waals surface area (Å²) in [5.41, 5.74) is 5.21. The smallest absolute Gasteiger partial charge is 0.224 e. The van der Waals surface area contributed by atoms with E-state index in [4.69, 9.17) is 0 Å². The van der Waals surface area contributed by atoms with Gasteiger partial charge in [-0.2, -0.15) is 0 Å². The highest BCUT2D eigenvalue weighted by molar-refractivity contribution is 5.90. The molecule has 3 rings (SSSR count). The Labute approximate surface area is 136 Å². The van der Waals surface area contributed by atoms with Crippen LogP contribution < -0.4 is 5.32 Å². The molecule has 1 heterocycles. The van der Waals surface area contributed by atoms with E-state index in [1.54, 1.807) is 6.33 Å². The Hall–Kier alpha value is -2.62. The Morgan fingerprint density at radius 1 is 1.17 bits per heavy atom. The van der Waals surface area contributed by atoms with Gasteiger partial charge in [-0.05, 0) is 47.7 Å². The number of benzene rings is 2. The standard InChI is InChI=1S/C19H21N3O/c1-13(2)15-5-7-16(8-6-15)22-19(23)10-4-14-3-9-17-18(11-14)21-12-20-17/h3,5-9,11-13H,4,10H2,1-2H3,(H,20,21)(H,22,23). The van der Waals surface area contributed by atoms with Gasteiger partial charge in [-0.1, -0.05) is 32.0 Å². The van der Waals surface area contributed by atoms with Gasteiger partial charge in [0.25, 0.3) is 0 Å². The van der Waals surface area contributed by atoms with Crippen molar-refractivity contribution in [3.05, 3.63) is 59.9 Å². The van der Waals surface area contributed by atoms with E-state index in [0.29, 0.717) is 18.8 Å². The monoisotopic (exact) mass is 307 g/mol. The quantitative estimate of drug-likeness (QED) is 0.740. The lowest BCUT2D eigenvalue weighted by atomic mass is 10.0. The predicted molar refractivity (Wildman–Crippen MR) is 93.6 cm³/mol. The van der Waals surface area contributed by atoms with Gasteiger partial charge in [0.1, 0.15) is 0 Å². The van der Waals surface area contributed by atoms with Crippen molar-refractivity contribution in [1.82, 2.24) is 9.97 Å².